The number of ether oxygens (including phenoxy) is 1. The van der Waals surface area contributed by atoms with Crippen LogP contribution in [-0.2, 0) is 21.2 Å². The molecule has 206 valence electrons. The molecule has 2 atom stereocenters. The molecule has 0 amide bonds. The van der Waals surface area contributed by atoms with E-state index in [0.717, 1.165) is 11.6 Å². The zero-order valence-electron chi connectivity index (χ0n) is 22.4. The summed E-state index contributed by atoms with van der Waals surface area (Å²) in [6, 6.07) is 15.6. The van der Waals surface area contributed by atoms with Gasteiger partial charge in [0.25, 0.3) is 10.0 Å². The Hall–Kier alpha value is -2.29. The Labute approximate surface area is 226 Å². The van der Waals surface area contributed by atoms with Crippen molar-refractivity contribution < 1.29 is 22.7 Å². The van der Waals surface area contributed by atoms with E-state index in [2.05, 4.69) is 21.4 Å². The number of hydrogen-bond donors (Lipinski definition) is 1. The number of aliphatic hydroxyl groups is 1. The molecule has 2 aliphatic heterocycles. The van der Waals surface area contributed by atoms with Gasteiger partial charge in [-0.25, -0.2) is 12.8 Å². The van der Waals surface area contributed by atoms with Crippen LogP contribution in [0.15, 0.2) is 52.9 Å². The lowest BCUT2D eigenvalue weighted by Gasteiger charge is -2.38. The standard InChI is InChI=1S/C30H39FN2O4S/c1-30(2)28(19-21-7-9-22(10-8-21)23-13-16-33(17-14-23)25-11-12-25)38(35,36)32-29(37-30)20-24(15-18-34)26-5-3-4-6-27(26)31/h3-10,23-25,28,34H,11-20H2,1-2H3/t24-,28-/m1/s1. The largest absolute Gasteiger partial charge is 0.473 e. The zero-order chi connectivity index (χ0) is 26.9. The lowest BCUT2D eigenvalue weighted by molar-refractivity contribution is 0.0797. The summed E-state index contributed by atoms with van der Waals surface area (Å²) in [6.07, 6.45) is 5.74. The molecule has 1 N–H and O–H groups in total. The summed E-state index contributed by atoms with van der Waals surface area (Å²) in [5.41, 5.74) is 1.68. The van der Waals surface area contributed by atoms with Crippen LogP contribution in [0.4, 0.5) is 4.39 Å². The first-order chi connectivity index (χ1) is 18.2. The SMILES string of the molecule is CC1(C)OC(C[C@@H](CCO)c2ccccc2F)=NS(=O)(=O)[C@@H]1Cc1ccc(C2CCN(C3CC3)CC2)cc1. The molecule has 0 radical (unpaired) electrons. The van der Waals surface area contributed by atoms with Crippen molar-refractivity contribution in [1.82, 2.24) is 4.90 Å². The second-order valence-corrected chi connectivity index (χ2v) is 13.4. The highest BCUT2D eigenvalue weighted by Crippen LogP contribution is 2.37. The first kappa shape index (κ1) is 27.3. The normalized spacial score (nSPS) is 24.4. The second-order valence-electron chi connectivity index (χ2n) is 11.6. The highest BCUT2D eigenvalue weighted by molar-refractivity contribution is 7.91. The maximum atomic E-state index is 14.4. The molecule has 1 saturated heterocycles. The molecule has 8 heteroatoms. The smallest absolute Gasteiger partial charge is 0.263 e. The molecule has 0 unspecified atom stereocenters. The van der Waals surface area contributed by atoms with Crippen molar-refractivity contribution in [3.05, 3.63) is 71.0 Å². The van der Waals surface area contributed by atoms with Gasteiger partial charge in [0.2, 0.25) is 5.90 Å². The molecule has 3 aliphatic rings. The third kappa shape index (κ3) is 6.13. The molecule has 0 aromatic heterocycles. The molecular formula is C30H39FN2O4S. The fraction of sp³-hybridized carbons (Fsp3) is 0.567. The summed E-state index contributed by atoms with van der Waals surface area (Å²) < 4.78 is 51.4. The Kier molecular flexibility index (Phi) is 7.94. The quantitative estimate of drug-likeness (QED) is 0.473. The number of aliphatic hydroxyl groups excluding tert-OH is 1. The van der Waals surface area contributed by atoms with Crippen LogP contribution in [0.1, 0.15) is 80.9 Å². The van der Waals surface area contributed by atoms with E-state index in [0.29, 0.717) is 17.9 Å². The summed E-state index contributed by atoms with van der Waals surface area (Å²) in [6.45, 7) is 5.73. The fourth-order valence-corrected chi connectivity index (χ4v) is 7.79. The summed E-state index contributed by atoms with van der Waals surface area (Å²) in [5.74, 6) is -0.197. The molecule has 2 aromatic carbocycles. The summed E-state index contributed by atoms with van der Waals surface area (Å²) in [7, 11) is -3.87. The molecule has 0 spiro atoms. The highest BCUT2D eigenvalue weighted by Gasteiger charge is 2.46. The number of benzene rings is 2. The summed E-state index contributed by atoms with van der Waals surface area (Å²) in [4.78, 5) is 2.62. The Morgan fingerprint density at radius 1 is 1.08 bits per heavy atom. The van der Waals surface area contributed by atoms with Crippen molar-refractivity contribution >= 4 is 15.9 Å². The molecule has 6 nitrogen and oxygen atoms in total. The van der Waals surface area contributed by atoms with Gasteiger partial charge in [-0.15, -0.1) is 4.40 Å². The Balaban J connectivity index is 1.27. The summed E-state index contributed by atoms with van der Waals surface area (Å²) in [5, 5.41) is 8.71. The minimum Gasteiger partial charge on any atom is -0.473 e. The predicted molar refractivity (Wildman–Crippen MR) is 147 cm³/mol. The van der Waals surface area contributed by atoms with Crippen molar-refractivity contribution in [3.63, 3.8) is 0 Å². The van der Waals surface area contributed by atoms with Gasteiger partial charge in [-0.3, -0.25) is 0 Å². The van der Waals surface area contributed by atoms with E-state index in [1.165, 1.54) is 50.4 Å². The number of halogens is 1. The van der Waals surface area contributed by atoms with E-state index >= 15 is 0 Å². The lowest BCUT2D eigenvalue weighted by atomic mass is 9.88. The van der Waals surface area contributed by atoms with Gasteiger partial charge in [-0.2, -0.15) is 0 Å². The minimum atomic E-state index is -3.87. The van der Waals surface area contributed by atoms with Gasteiger partial charge in [0.15, 0.2) is 0 Å². The third-order valence-electron chi connectivity index (χ3n) is 8.45. The maximum absolute atomic E-state index is 14.4. The van der Waals surface area contributed by atoms with Crippen LogP contribution in [0.25, 0.3) is 0 Å². The Bertz CT molecular complexity index is 1250. The van der Waals surface area contributed by atoms with Gasteiger partial charge < -0.3 is 14.7 Å². The van der Waals surface area contributed by atoms with Gasteiger partial charge in [0.05, 0.1) is 0 Å². The molecular weight excluding hydrogens is 503 g/mol. The second kappa shape index (κ2) is 11.1. The van der Waals surface area contributed by atoms with Crippen LogP contribution in [0.5, 0.6) is 0 Å². The van der Waals surface area contributed by atoms with Gasteiger partial charge >= 0.3 is 0 Å². The van der Waals surface area contributed by atoms with E-state index in [1.807, 2.05) is 12.1 Å². The number of nitrogens with zero attached hydrogens (tertiary/aromatic N) is 2. The van der Waals surface area contributed by atoms with Gasteiger partial charge in [-0.05, 0) is 100 Å². The molecule has 2 fully saturated rings. The van der Waals surface area contributed by atoms with Crippen molar-refractivity contribution in [2.45, 2.75) is 87.5 Å². The van der Waals surface area contributed by atoms with Crippen molar-refractivity contribution in [1.29, 1.82) is 0 Å². The van der Waals surface area contributed by atoms with Gasteiger partial charge in [-0.1, -0.05) is 42.5 Å². The molecule has 1 saturated carbocycles. The Morgan fingerprint density at radius 3 is 2.37 bits per heavy atom. The molecule has 2 aromatic rings. The van der Waals surface area contributed by atoms with Crippen molar-refractivity contribution in [2.24, 2.45) is 4.40 Å². The van der Waals surface area contributed by atoms with E-state index in [-0.39, 0.29) is 31.2 Å². The number of rotatable bonds is 9. The van der Waals surface area contributed by atoms with Crippen LogP contribution in [0.2, 0.25) is 0 Å². The van der Waals surface area contributed by atoms with E-state index in [1.54, 1.807) is 32.0 Å². The first-order valence-corrected chi connectivity index (χ1v) is 15.4. The van der Waals surface area contributed by atoms with Crippen LogP contribution in [0, 0.1) is 5.82 Å². The van der Waals surface area contributed by atoms with E-state index in [9.17, 15) is 17.9 Å². The van der Waals surface area contributed by atoms with E-state index < -0.39 is 26.8 Å². The van der Waals surface area contributed by atoms with Crippen LogP contribution in [-0.4, -0.2) is 60.9 Å². The first-order valence-electron chi connectivity index (χ1n) is 13.9. The molecule has 2 heterocycles. The summed E-state index contributed by atoms with van der Waals surface area (Å²) >= 11 is 0. The molecule has 5 rings (SSSR count). The average molecular weight is 543 g/mol. The number of likely N-dealkylation sites (tertiary alicyclic amines) is 1. The number of piperidine rings is 1. The molecule has 38 heavy (non-hydrogen) atoms. The lowest BCUT2D eigenvalue weighted by Crippen LogP contribution is -2.50. The topological polar surface area (TPSA) is 79.2 Å². The fourth-order valence-electron chi connectivity index (χ4n) is 6.10. The molecule has 0 bridgehead atoms. The van der Waals surface area contributed by atoms with Crippen molar-refractivity contribution in [2.75, 3.05) is 19.7 Å². The maximum Gasteiger partial charge on any atom is 0.263 e. The Morgan fingerprint density at radius 2 is 1.76 bits per heavy atom. The van der Waals surface area contributed by atoms with E-state index in [4.69, 9.17) is 4.74 Å². The van der Waals surface area contributed by atoms with Gasteiger partial charge in [0.1, 0.15) is 16.7 Å². The molecule has 1 aliphatic carbocycles. The van der Waals surface area contributed by atoms with Crippen LogP contribution in [0.3, 0.4) is 0 Å². The monoisotopic (exact) mass is 542 g/mol. The average Bonchev–Trinajstić information content (AvgIpc) is 3.72. The highest BCUT2D eigenvalue weighted by atomic mass is 32.2. The van der Waals surface area contributed by atoms with Crippen LogP contribution >= 0.6 is 0 Å². The number of sulfonamides is 1. The van der Waals surface area contributed by atoms with Crippen molar-refractivity contribution in [3.8, 4) is 0 Å². The number of hydrogen-bond acceptors (Lipinski definition) is 5. The predicted octanol–water partition coefficient (Wildman–Crippen LogP) is 5.17. The van der Waals surface area contributed by atoms with Gasteiger partial charge in [0, 0.05) is 19.1 Å². The minimum absolute atomic E-state index is 0.0702. The van der Waals surface area contributed by atoms with Crippen LogP contribution < -0.4 is 0 Å². The zero-order valence-corrected chi connectivity index (χ0v) is 23.2. The third-order valence-corrected chi connectivity index (χ3v) is 10.4.